The highest BCUT2D eigenvalue weighted by Gasteiger charge is 2.27. The number of sulfonamides is 1. The van der Waals surface area contributed by atoms with Gasteiger partial charge in [0.15, 0.2) is 0 Å². The van der Waals surface area contributed by atoms with Crippen LogP contribution in [0, 0.1) is 13.8 Å². The average molecular weight is 463 g/mol. The van der Waals surface area contributed by atoms with Crippen LogP contribution in [0.1, 0.15) is 11.1 Å². The zero-order chi connectivity index (χ0) is 21.9. The molecular weight excluding hydrogens is 443 g/mol. The molecule has 0 saturated heterocycles. The highest BCUT2D eigenvalue weighted by molar-refractivity contribution is 7.92. The molecule has 0 atom stereocenters. The van der Waals surface area contributed by atoms with Crippen molar-refractivity contribution in [2.45, 2.75) is 18.7 Å². The third kappa shape index (κ3) is 4.95. The number of rotatable bonds is 6. The van der Waals surface area contributed by atoms with E-state index in [1.54, 1.807) is 43.3 Å². The maximum atomic E-state index is 13.3. The standard InChI is InChI=1S/C22H20Cl2N2O3S/c1-15-5-3-6-18(13-15)26(30(28,29)19-11-9-17(23)10-12-19)14-22(27)25-21-8-4-7-20(24)16(21)2/h3-13H,14H2,1-2H3,(H,25,27). The smallest absolute Gasteiger partial charge is 0.264 e. The van der Waals surface area contributed by atoms with E-state index in [1.807, 2.05) is 13.0 Å². The van der Waals surface area contributed by atoms with Crippen LogP contribution in [0.5, 0.6) is 0 Å². The molecule has 3 rings (SSSR count). The van der Waals surface area contributed by atoms with Gasteiger partial charge in [0, 0.05) is 15.7 Å². The fourth-order valence-corrected chi connectivity index (χ4v) is 4.61. The monoisotopic (exact) mass is 462 g/mol. The van der Waals surface area contributed by atoms with E-state index in [9.17, 15) is 13.2 Å². The lowest BCUT2D eigenvalue weighted by Gasteiger charge is -2.24. The summed E-state index contributed by atoms with van der Waals surface area (Å²) in [4.78, 5) is 12.8. The van der Waals surface area contributed by atoms with Crippen LogP contribution in [-0.4, -0.2) is 20.9 Å². The van der Waals surface area contributed by atoms with Gasteiger partial charge in [-0.25, -0.2) is 8.42 Å². The first-order valence-corrected chi connectivity index (χ1v) is 11.3. The fraction of sp³-hybridized carbons (Fsp3) is 0.136. The summed E-state index contributed by atoms with van der Waals surface area (Å²) in [7, 11) is -4.01. The van der Waals surface area contributed by atoms with Crippen LogP contribution in [-0.2, 0) is 14.8 Å². The summed E-state index contributed by atoms with van der Waals surface area (Å²) in [5.41, 5.74) is 2.49. The second kappa shape index (κ2) is 9.08. The number of benzene rings is 3. The van der Waals surface area contributed by atoms with E-state index in [-0.39, 0.29) is 4.90 Å². The Labute approximate surface area is 186 Å². The molecule has 156 valence electrons. The maximum Gasteiger partial charge on any atom is 0.264 e. The number of hydrogen-bond donors (Lipinski definition) is 1. The number of amides is 1. The molecule has 0 bridgehead atoms. The van der Waals surface area contributed by atoms with Gasteiger partial charge in [0.25, 0.3) is 10.0 Å². The van der Waals surface area contributed by atoms with Crippen LogP contribution in [0.3, 0.4) is 0 Å². The highest BCUT2D eigenvalue weighted by Crippen LogP contribution is 2.27. The minimum atomic E-state index is -4.01. The summed E-state index contributed by atoms with van der Waals surface area (Å²) in [6, 6.07) is 17.9. The topological polar surface area (TPSA) is 66.5 Å². The van der Waals surface area contributed by atoms with Crippen molar-refractivity contribution in [1.82, 2.24) is 0 Å². The molecule has 0 aromatic heterocycles. The van der Waals surface area contributed by atoms with Crippen molar-refractivity contribution < 1.29 is 13.2 Å². The minimum Gasteiger partial charge on any atom is -0.324 e. The van der Waals surface area contributed by atoms with Crippen molar-refractivity contribution in [2.75, 3.05) is 16.2 Å². The molecular formula is C22H20Cl2N2O3S. The molecule has 0 spiro atoms. The van der Waals surface area contributed by atoms with E-state index in [4.69, 9.17) is 23.2 Å². The number of carbonyl (C=O) groups excluding carboxylic acids is 1. The van der Waals surface area contributed by atoms with Gasteiger partial charge in [0.05, 0.1) is 10.6 Å². The zero-order valence-electron chi connectivity index (χ0n) is 16.4. The van der Waals surface area contributed by atoms with Crippen molar-refractivity contribution >= 4 is 50.5 Å². The molecule has 0 heterocycles. The molecule has 0 aliphatic rings. The Balaban J connectivity index is 1.97. The molecule has 0 unspecified atom stereocenters. The fourth-order valence-electron chi connectivity index (χ4n) is 2.89. The van der Waals surface area contributed by atoms with E-state index < -0.39 is 22.5 Å². The predicted octanol–water partition coefficient (Wildman–Crippen LogP) is 5.44. The van der Waals surface area contributed by atoms with Crippen molar-refractivity contribution in [2.24, 2.45) is 0 Å². The first-order valence-electron chi connectivity index (χ1n) is 9.08. The van der Waals surface area contributed by atoms with Crippen LogP contribution in [0.2, 0.25) is 10.0 Å². The van der Waals surface area contributed by atoms with Crippen LogP contribution in [0.25, 0.3) is 0 Å². The summed E-state index contributed by atoms with van der Waals surface area (Å²) < 4.78 is 27.8. The summed E-state index contributed by atoms with van der Waals surface area (Å²) >= 11 is 12.0. The Bertz CT molecular complexity index is 1180. The molecule has 0 aliphatic heterocycles. The number of anilines is 2. The van der Waals surface area contributed by atoms with E-state index >= 15 is 0 Å². The van der Waals surface area contributed by atoms with Crippen LogP contribution >= 0.6 is 23.2 Å². The first-order chi connectivity index (χ1) is 14.2. The number of nitrogens with zero attached hydrogens (tertiary/aromatic N) is 1. The van der Waals surface area contributed by atoms with Gasteiger partial charge in [-0.1, -0.05) is 41.4 Å². The summed E-state index contributed by atoms with van der Waals surface area (Å²) in [5, 5.41) is 3.68. The second-order valence-electron chi connectivity index (χ2n) is 6.77. The lowest BCUT2D eigenvalue weighted by Crippen LogP contribution is -2.38. The van der Waals surface area contributed by atoms with Crippen LogP contribution < -0.4 is 9.62 Å². The van der Waals surface area contributed by atoms with Crippen molar-refractivity contribution in [3.8, 4) is 0 Å². The molecule has 8 heteroatoms. The van der Waals surface area contributed by atoms with Gasteiger partial charge in [-0.15, -0.1) is 0 Å². The van der Waals surface area contributed by atoms with Gasteiger partial charge in [-0.05, 0) is 73.5 Å². The second-order valence-corrected chi connectivity index (χ2v) is 9.47. The van der Waals surface area contributed by atoms with Crippen molar-refractivity contribution in [1.29, 1.82) is 0 Å². The Kier molecular flexibility index (Phi) is 6.71. The lowest BCUT2D eigenvalue weighted by atomic mass is 10.2. The van der Waals surface area contributed by atoms with Gasteiger partial charge < -0.3 is 5.32 Å². The molecule has 5 nitrogen and oxygen atoms in total. The Morgan fingerprint density at radius 1 is 0.967 bits per heavy atom. The maximum absolute atomic E-state index is 13.3. The van der Waals surface area contributed by atoms with E-state index in [1.165, 1.54) is 24.3 Å². The Morgan fingerprint density at radius 2 is 1.63 bits per heavy atom. The van der Waals surface area contributed by atoms with Gasteiger partial charge in [-0.3, -0.25) is 9.10 Å². The third-order valence-corrected chi connectivity index (χ3v) is 6.97. The van der Waals surface area contributed by atoms with Crippen molar-refractivity contribution in [3.63, 3.8) is 0 Å². The molecule has 1 N–H and O–H groups in total. The van der Waals surface area contributed by atoms with Gasteiger partial charge in [0.2, 0.25) is 5.91 Å². The highest BCUT2D eigenvalue weighted by atomic mass is 35.5. The van der Waals surface area contributed by atoms with Crippen LogP contribution in [0.4, 0.5) is 11.4 Å². The molecule has 3 aromatic rings. The van der Waals surface area contributed by atoms with Crippen LogP contribution in [0.15, 0.2) is 71.6 Å². The van der Waals surface area contributed by atoms with Gasteiger partial charge >= 0.3 is 0 Å². The Morgan fingerprint density at radius 3 is 2.30 bits per heavy atom. The predicted molar refractivity (Wildman–Crippen MR) is 122 cm³/mol. The molecule has 0 aliphatic carbocycles. The number of nitrogens with one attached hydrogen (secondary N) is 1. The van der Waals surface area contributed by atoms with Gasteiger partial charge in [0.1, 0.15) is 6.54 Å². The van der Waals surface area contributed by atoms with E-state index in [0.717, 1.165) is 9.87 Å². The van der Waals surface area contributed by atoms with Gasteiger partial charge in [-0.2, -0.15) is 0 Å². The molecule has 1 amide bonds. The Hall–Kier alpha value is -2.54. The number of halogens is 2. The average Bonchev–Trinajstić information content (AvgIpc) is 2.70. The summed E-state index contributed by atoms with van der Waals surface area (Å²) in [5.74, 6) is -0.487. The van der Waals surface area contributed by atoms with Crippen molar-refractivity contribution in [3.05, 3.63) is 87.9 Å². The molecule has 0 radical (unpaired) electrons. The molecule has 0 saturated carbocycles. The normalized spacial score (nSPS) is 11.2. The first kappa shape index (κ1) is 22.2. The summed E-state index contributed by atoms with van der Waals surface area (Å²) in [6.07, 6.45) is 0. The molecule has 0 fully saturated rings. The largest absolute Gasteiger partial charge is 0.324 e. The summed E-state index contributed by atoms with van der Waals surface area (Å²) in [6.45, 7) is 3.23. The number of hydrogen-bond acceptors (Lipinski definition) is 3. The number of aryl methyl sites for hydroxylation is 1. The van der Waals surface area contributed by atoms with E-state index in [2.05, 4.69) is 5.32 Å². The third-order valence-electron chi connectivity index (χ3n) is 4.52. The lowest BCUT2D eigenvalue weighted by molar-refractivity contribution is -0.114. The molecule has 3 aromatic carbocycles. The zero-order valence-corrected chi connectivity index (χ0v) is 18.7. The quantitative estimate of drug-likeness (QED) is 0.529. The number of carbonyl (C=O) groups is 1. The van der Waals surface area contributed by atoms with E-state index in [0.29, 0.717) is 27.0 Å². The molecule has 30 heavy (non-hydrogen) atoms. The SMILES string of the molecule is Cc1cccc(N(CC(=O)Nc2cccc(Cl)c2C)S(=O)(=O)c2ccc(Cl)cc2)c1. The minimum absolute atomic E-state index is 0.0418.